The summed E-state index contributed by atoms with van der Waals surface area (Å²) in [6.07, 6.45) is 0.167. The lowest BCUT2D eigenvalue weighted by Crippen LogP contribution is -2.41. The van der Waals surface area contributed by atoms with Gasteiger partial charge >= 0.3 is 5.97 Å². The number of aliphatic carboxylic acids is 1. The molecule has 1 atom stereocenters. The molecular weight excluding hydrogens is 358 g/mol. The first-order chi connectivity index (χ1) is 11.2. The Kier molecular flexibility index (Phi) is 5.52. The van der Waals surface area contributed by atoms with E-state index in [-0.39, 0.29) is 33.6 Å². The number of carboxylic acids is 1. The summed E-state index contributed by atoms with van der Waals surface area (Å²) in [5.74, 6) is -1.09. The summed E-state index contributed by atoms with van der Waals surface area (Å²) in [6, 6.07) is 2.70. The zero-order chi connectivity index (χ0) is 17.9. The van der Waals surface area contributed by atoms with Gasteiger partial charge in [-0.2, -0.15) is 9.94 Å². The zero-order valence-electron chi connectivity index (χ0n) is 12.9. The molecule has 0 aliphatic carbocycles. The molecule has 1 aromatic heterocycles. The number of aromatic amines is 1. The molecule has 1 unspecified atom stereocenters. The van der Waals surface area contributed by atoms with Crippen LogP contribution in [0.5, 0.6) is 0 Å². The molecule has 0 spiro atoms. The van der Waals surface area contributed by atoms with Crippen LogP contribution in [-0.4, -0.2) is 46.2 Å². The number of carboxylic acid groups (broad SMARTS) is 1. The Balaban J connectivity index is 2.35. The van der Waals surface area contributed by atoms with Gasteiger partial charge in [0.2, 0.25) is 15.8 Å². The van der Waals surface area contributed by atoms with E-state index in [2.05, 4.69) is 25.3 Å². The maximum Gasteiger partial charge on any atom is 0.321 e. The first-order valence-electron chi connectivity index (χ1n) is 6.99. The zero-order valence-corrected chi connectivity index (χ0v) is 14.5. The van der Waals surface area contributed by atoms with Gasteiger partial charge in [0.25, 0.3) is 0 Å². The summed E-state index contributed by atoms with van der Waals surface area (Å²) >= 11 is 6.03. The van der Waals surface area contributed by atoms with Crippen molar-refractivity contribution in [2.75, 3.05) is 0 Å². The highest BCUT2D eigenvalue weighted by Crippen LogP contribution is 2.27. The van der Waals surface area contributed by atoms with Crippen molar-refractivity contribution >= 4 is 27.6 Å². The number of tetrazole rings is 1. The first kappa shape index (κ1) is 18.3. The first-order valence-corrected chi connectivity index (χ1v) is 8.85. The molecule has 2 aromatic rings. The van der Waals surface area contributed by atoms with Crippen LogP contribution in [0.1, 0.15) is 20.3 Å². The van der Waals surface area contributed by atoms with Crippen molar-refractivity contribution in [2.45, 2.75) is 31.2 Å². The van der Waals surface area contributed by atoms with E-state index in [1.165, 1.54) is 18.2 Å². The molecule has 9 nitrogen and oxygen atoms in total. The molecule has 0 aliphatic heterocycles. The minimum Gasteiger partial charge on any atom is -0.480 e. The summed E-state index contributed by atoms with van der Waals surface area (Å²) in [7, 11) is -4.06. The van der Waals surface area contributed by atoms with Crippen molar-refractivity contribution < 1.29 is 18.3 Å². The second-order valence-electron chi connectivity index (χ2n) is 5.52. The van der Waals surface area contributed by atoms with E-state index in [1.54, 1.807) is 13.8 Å². The van der Waals surface area contributed by atoms with Gasteiger partial charge in [-0.05, 0) is 35.8 Å². The molecule has 0 fully saturated rings. The van der Waals surface area contributed by atoms with Gasteiger partial charge in [-0.3, -0.25) is 4.79 Å². The van der Waals surface area contributed by atoms with E-state index >= 15 is 0 Å². The molecule has 1 aromatic carbocycles. The number of H-pyrrole nitrogens is 1. The molecule has 0 amide bonds. The Morgan fingerprint density at radius 1 is 1.42 bits per heavy atom. The Morgan fingerprint density at radius 3 is 2.67 bits per heavy atom. The van der Waals surface area contributed by atoms with Crippen LogP contribution in [0.3, 0.4) is 0 Å². The number of nitrogens with one attached hydrogen (secondary N) is 2. The van der Waals surface area contributed by atoms with E-state index < -0.39 is 22.0 Å². The van der Waals surface area contributed by atoms with Gasteiger partial charge in [0.1, 0.15) is 6.04 Å². The van der Waals surface area contributed by atoms with Crippen molar-refractivity contribution in [3.8, 4) is 11.4 Å². The molecule has 0 radical (unpaired) electrons. The second-order valence-corrected chi connectivity index (χ2v) is 7.64. The van der Waals surface area contributed by atoms with Crippen molar-refractivity contribution in [1.29, 1.82) is 0 Å². The quantitative estimate of drug-likeness (QED) is 0.664. The maximum absolute atomic E-state index is 12.5. The number of carbonyl (C=O) groups is 1. The maximum atomic E-state index is 12.5. The third-order valence-electron chi connectivity index (χ3n) is 3.14. The van der Waals surface area contributed by atoms with Gasteiger partial charge in [0.05, 0.1) is 9.92 Å². The fourth-order valence-electron chi connectivity index (χ4n) is 2.04. The lowest BCUT2D eigenvalue weighted by molar-refractivity contribution is -0.139. The van der Waals surface area contributed by atoms with Gasteiger partial charge < -0.3 is 5.11 Å². The standard InChI is InChI=1S/C13H16ClN5O4S/c1-7(2)5-11(13(20)21)17-24(22,23)8-3-4-10(14)9(6-8)12-15-18-19-16-12/h3-4,6-7,11,17H,5H2,1-2H3,(H,20,21)(H,15,16,18,19). The third kappa shape index (κ3) is 4.28. The molecular formula is C13H16ClN5O4S. The number of hydrogen-bond donors (Lipinski definition) is 3. The smallest absolute Gasteiger partial charge is 0.321 e. The molecule has 0 saturated carbocycles. The van der Waals surface area contributed by atoms with Crippen molar-refractivity contribution in [3.05, 3.63) is 23.2 Å². The number of rotatable bonds is 7. The van der Waals surface area contributed by atoms with Crippen LogP contribution >= 0.6 is 11.6 Å². The Hall–Kier alpha value is -2.04. The number of aromatic nitrogens is 4. The summed E-state index contributed by atoms with van der Waals surface area (Å²) in [5.41, 5.74) is 0.268. The van der Waals surface area contributed by atoms with Crippen molar-refractivity contribution in [3.63, 3.8) is 0 Å². The predicted molar refractivity (Wildman–Crippen MR) is 85.8 cm³/mol. The van der Waals surface area contributed by atoms with Gasteiger partial charge in [-0.25, -0.2) is 8.42 Å². The van der Waals surface area contributed by atoms with Crippen molar-refractivity contribution in [1.82, 2.24) is 25.3 Å². The normalized spacial score (nSPS) is 13.2. The van der Waals surface area contributed by atoms with Crippen LogP contribution in [0.2, 0.25) is 5.02 Å². The highest BCUT2D eigenvalue weighted by molar-refractivity contribution is 7.89. The number of sulfonamides is 1. The molecule has 2 rings (SSSR count). The number of hydrogen-bond acceptors (Lipinski definition) is 6. The monoisotopic (exact) mass is 373 g/mol. The van der Waals surface area contributed by atoms with E-state index in [0.717, 1.165) is 0 Å². The summed E-state index contributed by atoms with van der Waals surface area (Å²) in [5, 5.41) is 22.6. The molecule has 0 bridgehead atoms. The minimum absolute atomic E-state index is 0.00825. The summed E-state index contributed by atoms with van der Waals surface area (Å²) < 4.78 is 27.2. The van der Waals surface area contributed by atoms with Gasteiger partial charge in [-0.15, -0.1) is 10.2 Å². The van der Waals surface area contributed by atoms with Gasteiger partial charge in [0.15, 0.2) is 0 Å². The van der Waals surface area contributed by atoms with Crippen LogP contribution in [0.15, 0.2) is 23.1 Å². The molecule has 11 heteroatoms. The average molecular weight is 374 g/mol. The molecule has 3 N–H and O–H groups in total. The highest BCUT2D eigenvalue weighted by Gasteiger charge is 2.27. The van der Waals surface area contributed by atoms with Crippen LogP contribution in [0.4, 0.5) is 0 Å². The Bertz CT molecular complexity index is 823. The lowest BCUT2D eigenvalue weighted by atomic mass is 10.1. The van der Waals surface area contributed by atoms with Crippen LogP contribution in [0.25, 0.3) is 11.4 Å². The Labute approximate surface area is 143 Å². The van der Waals surface area contributed by atoms with E-state index in [4.69, 9.17) is 11.6 Å². The molecule has 130 valence electrons. The summed E-state index contributed by atoms with van der Waals surface area (Å²) in [6.45, 7) is 3.61. The fraction of sp³-hybridized carbons (Fsp3) is 0.385. The van der Waals surface area contributed by atoms with Crippen LogP contribution < -0.4 is 4.72 Å². The van der Waals surface area contributed by atoms with Crippen molar-refractivity contribution in [2.24, 2.45) is 5.92 Å². The Morgan fingerprint density at radius 2 is 2.12 bits per heavy atom. The number of nitrogens with zero attached hydrogens (tertiary/aromatic N) is 3. The predicted octanol–water partition coefficient (Wildman–Crippen LogP) is 1.30. The SMILES string of the molecule is CC(C)CC(NS(=O)(=O)c1ccc(Cl)c(-c2nn[nH]n2)c1)C(=O)O. The molecule has 0 saturated heterocycles. The molecule has 0 aliphatic rings. The van der Waals surface area contributed by atoms with E-state index in [9.17, 15) is 18.3 Å². The number of halogens is 1. The van der Waals surface area contributed by atoms with Crippen LogP contribution in [-0.2, 0) is 14.8 Å². The van der Waals surface area contributed by atoms with Gasteiger partial charge in [0, 0.05) is 5.56 Å². The van der Waals surface area contributed by atoms with E-state index in [0.29, 0.717) is 0 Å². The second kappa shape index (κ2) is 7.24. The highest BCUT2D eigenvalue weighted by atomic mass is 35.5. The van der Waals surface area contributed by atoms with Crippen LogP contribution in [0, 0.1) is 5.92 Å². The molecule has 1 heterocycles. The molecule has 24 heavy (non-hydrogen) atoms. The minimum atomic E-state index is -4.06. The number of benzene rings is 1. The summed E-state index contributed by atoms with van der Waals surface area (Å²) in [4.78, 5) is 11.1. The fourth-order valence-corrected chi connectivity index (χ4v) is 3.47. The van der Waals surface area contributed by atoms with E-state index in [1.807, 2.05) is 0 Å². The van der Waals surface area contributed by atoms with Gasteiger partial charge in [-0.1, -0.05) is 25.4 Å². The largest absolute Gasteiger partial charge is 0.480 e. The average Bonchev–Trinajstić information content (AvgIpc) is 3.00. The topological polar surface area (TPSA) is 138 Å². The third-order valence-corrected chi connectivity index (χ3v) is 4.94. The lowest BCUT2D eigenvalue weighted by Gasteiger charge is -2.17.